The molecule has 0 bridgehead atoms. The van der Waals surface area contributed by atoms with E-state index in [-0.39, 0.29) is 6.03 Å². The Balaban J connectivity index is 1.62. The number of carbonyl (C=O) groups excluding carboxylic acids is 1. The highest BCUT2D eigenvalue weighted by Gasteiger charge is 2.40. The number of amides is 2. The van der Waals surface area contributed by atoms with Crippen molar-refractivity contribution < 1.29 is 9.53 Å². The van der Waals surface area contributed by atoms with Gasteiger partial charge in [0.1, 0.15) is 0 Å². The minimum Gasteiger partial charge on any atom is -0.381 e. The van der Waals surface area contributed by atoms with Gasteiger partial charge in [-0.25, -0.2) is 4.79 Å². The van der Waals surface area contributed by atoms with Crippen molar-refractivity contribution >= 4 is 6.03 Å². The smallest absolute Gasteiger partial charge is 0.320 e. The van der Waals surface area contributed by atoms with E-state index in [0.29, 0.717) is 12.1 Å². The minimum atomic E-state index is 0.210. The molecule has 3 aliphatic rings. The van der Waals surface area contributed by atoms with Crippen molar-refractivity contribution in [3.63, 3.8) is 0 Å². The Kier molecular flexibility index (Phi) is 2.96. The summed E-state index contributed by atoms with van der Waals surface area (Å²) >= 11 is 0. The average molecular weight is 239 g/mol. The minimum absolute atomic E-state index is 0.210. The second-order valence-electron chi connectivity index (χ2n) is 5.35. The Morgan fingerprint density at radius 1 is 1.12 bits per heavy atom. The fourth-order valence-corrected chi connectivity index (χ4v) is 3.28. The first-order valence-electron chi connectivity index (χ1n) is 6.59. The van der Waals surface area contributed by atoms with Crippen molar-refractivity contribution in [1.82, 2.24) is 14.7 Å². The van der Waals surface area contributed by atoms with Gasteiger partial charge in [0.2, 0.25) is 0 Å². The summed E-state index contributed by atoms with van der Waals surface area (Å²) in [6.45, 7) is 5.65. The molecule has 0 saturated carbocycles. The molecule has 3 fully saturated rings. The molecule has 17 heavy (non-hydrogen) atoms. The largest absolute Gasteiger partial charge is 0.381 e. The average Bonchev–Trinajstić information content (AvgIpc) is 2.66. The molecule has 3 saturated heterocycles. The molecule has 0 aromatic rings. The number of fused-ring (bicyclic) bond motifs is 1. The Bertz CT molecular complexity index is 304. The molecule has 0 spiro atoms. The molecule has 3 aliphatic heterocycles. The Labute approximate surface area is 102 Å². The molecule has 0 aromatic carbocycles. The number of urea groups is 1. The van der Waals surface area contributed by atoms with Gasteiger partial charge < -0.3 is 14.5 Å². The first-order chi connectivity index (χ1) is 8.25. The van der Waals surface area contributed by atoms with Crippen LogP contribution < -0.4 is 0 Å². The maximum Gasteiger partial charge on any atom is 0.320 e. The number of nitrogens with zero attached hydrogens (tertiary/aromatic N) is 3. The van der Waals surface area contributed by atoms with Gasteiger partial charge in [0.05, 0.1) is 6.04 Å². The van der Waals surface area contributed by atoms with Crippen molar-refractivity contribution in [2.75, 3.05) is 46.4 Å². The van der Waals surface area contributed by atoms with E-state index in [1.165, 1.54) is 0 Å². The Hall–Kier alpha value is -0.810. The molecule has 0 aliphatic carbocycles. The predicted molar refractivity (Wildman–Crippen MR) is 63.9 cm³/mol. The van der Waals surface area contributed by atoms with E-state index < -0.39 is 0 Å². The quantitative estimate of drug-likeness (QED) is 0.656. The van der Waals surface area contributed by atoms with Gasteiger partial charge in [0, 0.05) is 52.5 Å². The molecule has 5 nitrogen and oxygen atoms in total. The number of hydrogen-bond donors (Lipinski definition) is 0. The number of hydrogen-bond acceptors (Lipinski definition) is 3. The van der Waals surface area contributed by atoms with Crippen molar-refractivity contribution in [2.24, 2.45) is 0 Å². The summed E-state index contributed by atoms with van der Waals surface area (Å²) in [5, 5.41) is 0. The maximum absolute atomic E-state index is 11.8. The van der Waals surface area contributed by atoms with Crippen LogP contribution >= 0.6 is 0 Å². The zero-order valence-corrected chi connectivity index (χ0v) is 10.5. The van der Waals surface area contributed by atoms with Crippen LogP contribution in [0.3, 0.4) is 0 Å². The van der Waals surface area contributed by atoms with Crippen LogP contribution in [0.1, 0.15) is 12.8 Å². The first-order valence-corrected chi connectivity index (χ1v) is 6.59. The van der Waals surface area contributed by atoms with E-state index in [4.69, 9.17) is 4.74 Å². The highest BCUT2D eigenvalue weighted by Crippen LogP contribution is 2.23. The second kappa shape index (κ2) is 4.46. The summed E-state index contributed by atoms with van der Waals surface area (Å²) in [5.41, 5.74) is 0. The van der Waals surface area contributed by atoms with E-state index in [1.54, 1.807) is 0 Å². The van der Waals surface area contributed by atoms with Crippen molar-refractivity contribution in [3.8, 4) is 0 Å². The van der Waals surface area contributed by atoms with Gasteiger partial charge in [-0.15, -0.1) is 0 Å². The van der Waals surface area contributed by atoms with Gasteiger partial charge >= 0.3 is 6.03 Å². The molecule has 0 radical (unpaired) electrons. The van der Waals surface area contributed by atoms with Gasteiger partial charge in [-0.3, -0.25) is 4.90 Å². The fourth-order valence-electron chi connectivity index (χ4n) is 3.28. The van der Waals surface area contributed by atoms with Gasteiger partial charge in [0.25, 0.3) is 0 Å². The van der Waals surface area contributed by atoms with Gasteiger partial charge in [-0.1, -0.05) is 0 Å². The lowest BCUT2D eigenvalue weighted by molar-refractivity contribution is 0.0109. The molecule has 1 unspecified atom stereocenters. The highest BCUT2D eigenvalue weighted by molar-refractivity contribution is 5.77. The molecule has 1 atom stereocenters. The summed E-state index contributed by atoms with van der Waals surface area (Å²) in [7, 11) is 1.90. The molecule has 0 N–H and O–H groups in total. The van der Waals surface area contributed by atoms with Crippen LogP contribution in [0.2, 0.25) is 0 Å². The predicted octanol–water partition coefficient (Wildman–Crippen LogP) is 0.217. The molecule has 2 amide bonds. The third-order valence-corrected chi connectivity index (χ3v) is 4.28. The normalized spacial score (nSPS) is 32.1. The highest BCUT2D eigenvalue weighted by atomic mass is 16.5. The van der Waals surface area contributed by atoms with E-state index in [2.05, 4.69) is 4.90 Å². The zero-order chi connectivity index (χ0) is 11.8. The van der Waals surface area contributed by atoms with Crippen LogP contribution in [0.4, 0.5) is 4.79 Å². The standard InChI is InChI=1S/C12H21N3O2/c1-13-8-11-9-14(4-5-15(11)12(13)16)10-2-6-17-7-3-10/h10-11H,2-9H2,1H3. The van der Waals surface area contributed by atoms with Crippen LogP contribution in [0.15, 0.2) is 0 Å². The summed E-state index contributed by atoms with van der Waals surface area (Å²) in [6.07, 6.45) is 2.30. The van der Waals surface area contributed by atoms with Crippen molar-refractivity contribution in [3.05, 3.63) is 0 Å². The van der Waals surface area contributed by atoms with Gasteiger partial charge in [-0.05, 0) is 12.8 Å². The van der Waals surface area contributed by atoms with Crippen LogP contribution in [0, 0.1) is 0 Å². The second-order valence-corrected chi connectivity index (χ2v) is 5.35. The third kappa shape index (κ3) is 2.02. The molecular weight excluding hydrogens is 218 g/mol. The van der Waals surface area contributed by atoms with Crippen LogP contribution in [0.25, 0.3) is 0 Å². The van der Waals surface area contributed by atoms with Crippen LogP contribution in [0.5, 0.6) is 0 Å². The van der Waals surface area contributed by atoms with E-state index in [0.717, 1.165) is 52.2 Å². The Morgan fingerprint density at radius 2 is 1.88 bits per heavy atom. The third-order valence-electron chi connectivity index (χ3n) is 4.28. The lowest BCUT2D eigenvalue weighted by Crippen LogP contribution is -2.55. The number of likely N-dealkylation sites (N-methyl/N-ethyl adjacent to an activating group) is 1. The summed E-state index contributed by atoms with van der Waals surface area (Å²) < 4.78 is 5.41. The van der Waals surface area contributed by atoms with Crippen molar-refractivity contribution in [1.29, 1.82) is 0 Å². The topological polar surface area (TPSA) is 36.0 Å². The number of carbonyl (C=O) groups is 1. The molecule has 3 rings (SSSR count). The zero-order valence-electron chi connectivity index (χ0n) is 10.5. The number of rotatable bonds is 1. The monoisotopic (exact) mass is 239 g/mol. The lowest BCUT2D eigenvalue weighted by Gasteiger charge is -2.42. The summed E-state index contributed by atoms with van der Waals surface area (Å²) in [4.78, 5) is 18.3. The van der Waals surface area contributed by atoms with Gasteiger partial charge in [0.15, 0.2) is 0 Å². The van der Waals surface area contributed by atoms with Gasteiger partial charge in [-0.2, -0.15) is 0 Å². The van der Waals surface area contributed by atoms with Crippen LogP contribution in [-0.2, 0) is 4.74 Å². The molecule has 5 heteroatoms. The summed E-state index contributed by atoms with van der Waals surface area (Å²) in [6, 6.07) is 1.29. The van der Waals surface area contributed by atoms with Crippen LogP contribution in [-0.4, -0.2) is 79.3 Å². The molecule has 96 valence electrons. The van der Waals surface area contributed by atoms with E-state index in [1.807, 2.05) is 16.8 Å². The maximum atomic E-state index is 11.8. The fraction of sp³-hybridized carbons (Fsp3) is 0.917. The molecular formula is C12H21N3O2. The lowest BCUT2D eigenvalue weighted by atomic mass is 10.0. The number of ether oxygens (including phenoxy) is 1. The molecule has 3 heterocycles. The van der Waals surface area contributed by atoms with E-state index >= 15 is 0 Å². The SMILES string of the molecule is CN1CC2CN(C3CCOCC3)CCN2C1=O. The summed E-state index contributed by atoms with van der Waals surface area (Å²) in [5.74, 6) is 0. The van der Waals surface area contributed by atoms with E-state index in [9.17, 15) is 4.79 Å². The van der Waals surface area contributed by atoms with Crippen molar-refractivity contribution in [2.45, 2.75) is 24.9 Å². The Morgan fingerprint density at radius 3 is 2.65 bits per heavy atom. The molecule has 0 aromatic heterocycles. The first kappa shape index (κ1) is 11.3. The number of piperazine rings is 1.